The highest BCUT2D eigenvalue weighted by Crippen LogP contribution is 2.60. The maximum Gasteiger partial charge on any atom is 0.0338 e. The monoisotopic (exact) mass is 166 g/mol. The fraction of sp³-hybridized carbons (Fsp3) is 1.00. The van der Waals surface area contributed by atoms with E-state index >= 15 is 0 Å². The van der Waals surface area contributed by atoms with Crippen LogP contribution >= 0.6 is 0 Å². The Balaban J connectivity index is 1.88. The van der Waals surface area contributed by atoms with Crippen LogP contribution in [0.15, 0.2) is 0 Å². The topological polar surface area (TPSA) is 29.3 Å². The van der Waals surface area contributed by atoms with Crippen molar-refractivity contribution >= 4 is 0 Å². The van der Waals surface area contributed by atoms with Crippen LogP contribution in [0.1, 0.15) is 32.1 Å². The highest BCUT2D eigenvalue weighted by atomic mass is 15.3. The molecule has 2 saturated heterocycles. The number of nitrogens with zero attached hydrogens (tertiary/aromatic N) is 1. The van der Waals surface area contributed by atoms with Gasteiger partial charge in [-0.25, -0.2) is 0 Å². The molecule has 1 saturated carbocycles. The summed E-state index contributed by atoms with van der Waals surface area (Å²) in [6, 6.07) is 0. The van der Waals surface area contributed by atoms with E-state index in [1.54, 1.807) is 0 Å². The minimum Gasteiger partial charge on any atom is -0.329 e. The van der Waals surface area contributed by atoms with Crippen LogP contribution in [0.2, 0.25) is 0 Å². The molecule has 0 aromatic carbocycles. The van der Waals surface area contributed by atoms with Crippen molar-refractivity contribution in [2.24, 2.45) is 11.1 Å². The molecular formula is C10H18N2. The molecule has 0 unspecified atom stereocenters. The molecule has 2 nitrogen and oxygen atoms in total. The minimum atomic E-state index is 0.455. The van der Waals surface area contributed by atoms with E-state index in [0.717, 1.165) is 12.0 Å². The van der Waals surface area contributed by atoms with Gasteiger partial charge < -0.3 is 5.73 Å². The first-order chi connectivity index (χ1) is 5.79. The highest BCUT2D eigenvalue weighted by molar-refractivity contribution is 5.14. The maximum atomic E-state index is 5.92. The quantitative estimate of drug-likeness (QED) is 0.629. The summed E-state index contributed by atoms with van der Waals surface area (Å²) < 4.78 is 0. The SMILES string of the molecule is NC[C@@]12CCCN1CC1(CC1)C2. The maximum absolute atomic E-state index is 5.92. The van der Waals surface area contributed by atoms with Crippen LogP contribution in [0.25, 0.3) is 0 Å². The third-order valence-electron chi connectivity index (χ3n) is 4.31. The molecule has 68 valence electrons. The number of hydrogen-bond acceptors (Lipinski definition) is 2. The van der Waals surface area contributed by atoms with Gasteiger partial charge in [0.05, 0.1) is 0 Å². The fourth-order valence-corrected chi connectivity index (χ4v) is 3.42. The van der Waals surface area contributed by atoms with E-state index in [1.807, 2.05) is 0 Å². The average Bonchev–Trinajstić information content (AvgIpc) is 2.53. The van der Waals surface area contributed by atoms with Gasteiger partial charge in [-0.3, -0.25) is 4.90 Å². The van der Waals surface area contributed by atoms with Crippen molar-refractivity contribution in [3.63, 3.8) is 0 Å². The van der Waals surface area contributed by atoms with Gasteiger partial charge >= 0.3 is 0 Å². The summed E-state index contributed by atoms with van der Waals surface area (Å²) in [6.45, 7) is 3.58. The van der Waals surface area contributed by atoms with Crippen LogP contribution in [-0.2, 0) is 0 Å². The summed E-state index contributed by atoms with van der Waals surface area (Å²) in [6.07, 6.45) is 7.12. The second kappa shape index (κ2) is 2.05. The summed E-state index contributed by atoms with van der Waals surface area (Å²) in [7, 11) is 0. The summed E-state index contributed by atoms with van der Waals surface area (Å²) >= 11 is 0. The second-order valence-corrected chi connectivity index (χ2v) is 5.13. The van der Waals surface area contributed by atoms with Gasteiger partial charge in [0.1, 0.15) is 0 Å². The first-order valence-corrected chi connectivity index (χ1v) is 5.24. The Morgan fingerprint density at radius 3 is 2.67 bits per heavy atom. The number of nitrogens with two attached hydrogens (primary N) is 1. The van der Waals surface area contributed by atoms with Crippen LogP contribution in [0, 0.1) is 5.41 Å². The van der Waals surface area contributed by atoms with Crippen LogP contribution in [-0.4, -0.2) is 30.1 Å². The lowest BCUT2D eigenvalue weighted by atomic mass is 9.89. The van der Waals surface area contributed by atoms with E-state index in [1.165, 1.54) is 45.2 Å². The third-order valence-corrected chi connectivity index (χ3v) is 4.31. The minimum absolute atomic E-state index is 0.455. The molecule has 2 N–H and O–H groups in total. The molecule has 2 heteroatoms. The number of fused-ring (bicyclic) bond motifs is 1. The number of hydrogen-bond donors (Lipinski definition) is 1. The van der Waals surface area contributed by atoms with Crippen LogP contribution < -0.4 is 5.73 Å². The molecule has 12 heavy (non-hydrogen) atoms. The van der Waals surface area contributed by atoms with Gasteiger partial charge in [0.15, 0.2) is 0 Å². The molecule has 2 heterocycles. The Bertz CT molecular complexity index is 210. The molecule has 0 amide bonds. The lowest BCUT2D eigenvalue weighted by Crippen LogP contribution is -2.44. The predicted molar refractivity (Wildman–Crippen MR) is 48.9 cm³/mol. The predicted octanol–water partition coefficient (Wildman–Crippen LogP) is 0.964. The van der Waals surface area contributed by atoms with Gasteiger partial charge in [0, 0.05) is 18.6 Å². The van der Waals surface area contributed by atoms with Crippen LogP contribution in [0.3, 0.4) is 0 Å². The highest BCUT2D eigenvalue weighted by Gasteiger charge is 2.59. The first kappa shape index (κ1) is 7.34. The van der Waals surface area contributed by atoms with Gasteiger partial charge in [-0.2, -0.15) is 0 Å². The molecule has 1 spiro atoms. The Labute approximate surface area is 74.1 Å². The Morgan fingerprint density at radius 2 is 2.08 bits per heavy atom. The smallest absolute Gasteiger partial charge is 0.0338 e. The van der Waals surface area contributed by atoms with E-state index in [9.17, 15) is 0 Å². The van der Waals surface area contributed by atoms with Crippen LogP contribution in [0.5, 0.6) is 0 Å². The van der Waals surface area contributed by atoms with Crippen molar-refractivity contribution in [2.45, 2.75) is 37.6 Å². The van der Waals surface area contributed by atoms with Crippen molar-refractivity contribution in [1.82, 2.24) is 4.90 Å². The van der Waals surface area contributed by atoms with E-state index in [4.69, 9.17) is 5.73 Å². The molecule has 0 aromatic rings. The Hall–Kier alpha value is -0.0800. The molecule has 1 atom stereocenters. The van der Waals surface area contributed by atoms with Gasteiger partial charge in [-0.1, -0.05) is 0 Å². The largest absolute Gasteiger partial charge is 0.329 e. The molecule has 1 aliphatic carbocycles. The molecule has 3 fully saturated rings. The number of rotatable bonds is 1. The second-order valence-electron chi connectivity index (χ2n) is 5.13. The van der Waals surface area contributed by atoms with Crippen molar-refractivity contribution < 1.29 is 0 Å². The summed E-state index contributed by atoms with van der Waals surface area (Å²) in [5, 5.41) is 0. The van der Waals surface area contributed by atoms with Crippen molar-refractivity contribution in [3.8, 4) is 0 Å². The van der Waals surface area contributed by atoms with E-state index in [-0.39, 0.29) is 0 Å². The molecule has 3 rings (SSSR count). The molecule has 3 aliphatic rings. The molecule has 0 aromatic heterocycles. The average molecular weight is 166 g/mol. The molecule has 0 bridgehead atoms. The normalized spacial score (nSPS) is 43.8. The zero-order chi connectivity index (χ0) is 8.23. The Morgan fingerprint density at radius 1 is 1.25 bits per heavy atom. The standard InChI is InChI=1S/C10H18N2/c11-7-10-2-1-5-12(10)8-9(6-10)3-4-9/h1-8,11H2/t10-/m0/s1. The van der Waals surface area contributed by atoms with Crippen molar-refractivity contribution in [1.29, 1.82) is 0 Å². The van der Waals surface area contributed by atoms with Gasteiger partial charge in [-0.15, -0.1) is 0 Å². The van der Waals surface area contributed by atoms with E-state index < -0.39 is 0 Å². The van der Waals surface area contributed by atoms with Gasteiger partial charge in [0.25, 0.3) is 0 Å². The first-order valence-electron chi connectivity index (χ1n) is 5.24. The van der Waals surface area contributed by atoms with Crippen molar-refractivity contribution in [2.75, 3.05) is 19.6 Å². The van der Waals surface area contributed by atoms with Crippen LogP contribution in [0.4, 0.5) is 0 Å². The summed E-state index contributed by atoms with van der Waals surface area (Å²) in [4.78, 5) is 2.68. The van der Waals surface area contributed by atoms with Gasteiger partial charge in [-0.05, 0) is 44.1 Å². The van der Waals surface area contributed by atoms with E-state index in [0.29, 0.717) is 5.54 Å². The summed E-state index contributed by atoms with van der Waals surface area (Å²) in [5.41, 5.74) is 7.12. The molecule has 0 radical (unpaired) electrons. The van der Waals surface area contributed by atoms with Crippen molar-refractivity contribution in [3.05, 3.63) is 0 Å². The lowest BCUT2D eigenvalue weighted by molar-refractivity contribution is 0.204. The van der Waals surface area contributed by atoms with E-state index in [2.05, 4.69) is 4.90 Å². The molecule has 2 aliphatic heterocycles. The lowest BCUT2D eigenvalue weighted by Gasteiger charge is -2.30. The summed E-state index contributed by atoms with van der Waals surface area (Å²) in [5.74, 6) is 0. The zero-order valence-electron chi connectivity index (χ0n) is 7.68. The third kappa shape index (κ3) is 0.775. The molecular weight excluding hydrogens is 148 g/mol. The van der Waals surface area contributed by atoms with Gasteiger partial charge in [0.2, 0.25) is 0 Å². The Kier molecular flexibility index (Phi) is 1.25. The zero-order valence-corrected chi connectivity index (χ0v) is 7.68. The fourth-order valence-electron chi connectivity index (χ4n) is 3.42.